The highest BCUT2D eigenvalue weighted by atomic mass is 32.2. The van der Waals surface area contributed by atoms with Gasteiger partial charge in [-0.2, -0.15) is 0 Å². The molecular weight excluding hydrogens is 474 g/mol. The Balaban J connectivity index is 1.46. The second-order valence-corrected chi connectivity index (χ2v) is 8.80. The Labute approximate surface area is 212 Å². The van der Waals surface area contributed by atoms with E-state index in [-0.39, 0.29) is 11.7 Å². The average molecular weight is 500 g/mol. The monoisotopic (exact) mass is 499 g/mol. The van der Waals surface area contributed by atoms with Gasteiger partial charge in [-0.3, -0.25) is 9.36 Å². The maximum Gasteiger partial charge on any atom is 0.234 e. The third kappa shape index (κ3) is 4.78. The van der Waals surface area contributed by atoms with Crippen LogP contribution >= 0.6 is 11.8 Å². The van der Waals surface area contributed by atoms with Crippen molar-refractivity contribution in [2.75, 3.05) is 24.8 Å². The van der Waals surface area contributed by atoms with Gasteiger partial charge in [0.1, 0.15) is 11.5 Å². The summed E-state index contributed by atoms with van der Waals surface area (Å²) < 4.78 is 12.9. The first-order valence-electron chi connectivity index (χ1n) is 11.5. The summed E-state index contributed by atoms with van der Waals surface area (Å²) in [7, 11) is 1.57. The number of anilines is 1. The standard InChI is InChI=1S/C27H25N5O3S/c1-3-35-19-14-12-18(13-15-19)32-26(21-16-28-22-9-5-4-8-20(21)22)30-31-27(32)36-17-25(33)29-23-10-6-7-11-24(23)34-2/h4-16,28H,3,17H2,1-2H3,(H,29,33). The van der Waals surface area contributed by atoms with Gasteiger partial charge in [0, 0.05) is 28.4 Å². The van der Waals surface area contributed by atoms with E-state index in [4.69, 9.17) is 9.47 Å². The lowest BCUT2D eigenvalue weighted by atomic mass is 10.1. The molecule has 9 heteroatoms. The Hall–Kier alpha value is -4.24. The Morgan fingerprint density at radius 2 is 1.81 bits per heavy atom. The van der Waals surface area contributed by atoms with E-state index in [2.05, 4.69) is 20.5 Å². The summed E-state index contributed by atoms with van der Waals surface area (Å²) in [5.41, 5.74) is 3.44. The number of aromatic nitrogens is 4. The molecule has 0 aliphatic carbocycles. The molecule has 0 saturated carbocycles. The van der Waals surface area contributed by atoms with Gasteiger partial charge in [0.2, 0.25) is 5.91 Å². The summed E-state index contributed by atoms with van der Waals surface area (Å²) in [4.78, 5) is 16.1. The predicted octanol–water partition coefficient (Wildman–Crippen LogP) is 5.55. The highest BCUT2D eigenvalue weighted by molar-refractivity contribution is 7.99. The molecule has 0 atom stereocenters. The number of carbonyl (C=O) groups excluding carboxylic acids is 1. The molecule has 36 heavy (non-hydrogen) atoms. The molecule has 2 N–H and O–H groups in total. The van der Waals surface area contributed by atoms with E-state index < -0.39 is 0 Å². The van der Waals surface area contributed by atoms with Gasteiger partial charge in [0.15, 0.2) is 11.0 Å². The zero-order valence-electron chi connectivity index (χ0n) is 19.9. The van der Waals surface area contributed by atoms with Gasteiger partial charge >= 0.3 is 0 Å². The number of carbonyl (C=O) groups is 1. The van der Waals surface area contributed by atoms with Crippen molar-refractivity contribution in [1.82, 2.24) is 19.7 Å². The Morgan fingerprint density at radius 1 is 1.03 bits per heavy atom. The first kappa shape index (κ1) is 23.5. The van der Waals surface area contributed by atoms with E-state index in [1.165, 1.54) is 11.8 Å². The molecule has 0 bridgehead atoms. The summed E-state index contributed by atoms with van der Waals surface area (Å²) in [5, 5.41) is 13.5. The van der Waals surface area contributed by atoms with Crippen LogP contribution in [0, 0.1) is 0 Å². The summed E-state index contributed by atoms with van der Waals surface area (Å²) in [5.74, 6) is 2.06. The molecule has 5 aromatic rings. The molecule has 2 heterocycles. The minimum Gasteiger partial charge on any atom is -0.495 e. The fourth-order valence-corrected chi connectivity index (χ4v) is 4.70. The van der Waals surface area contributed by atoms with Gasteiger partial charge in [0.25, 0.3) is 0 Å². The molecule has 0 unspecified atom stereocenters. The SMILES string of the molecule is CCOc1ccc(-n2c(SCC(=O)Nc3ccccc3OC)nnc2-c2c[nH]c3ccccc23)cc1. The van der Waals surface area contributed by atoms with Crippen LogP contribution in [-0.4, -0.2) is 45.1 Å². The molecule has 182 valence electrons. The number of nitrogens with zero attached hydrogens (tertiary/aromatic N) is 3. The number of hydrogen-bond donors (Lipinski definition) is 2. The Kier molecular flexibility index (Phi) is 6.90. The van der Waals surface area contributed by atoms with Crippen molar-refractivity contribution in [3.8, 4) is 28.6 Å². The van der Waals surface area contributed by atoms with Crippen LogP contribution in [0.25, 0.3) is 28.0 Å². The highest BCUT2D eigenvalue weighted by Gasteiger charge is 2.20. The zero-order chi connectivity index (χ0) is 24.9. The number of rotatable bonds is 9. The van der Waals surface area contributed by atoms with E-state index in [0.717, 1.165) is 27.9 Å². The van der Waals surface area contributed by atoms with Crippen LogP contribution in [0.5, 0.6) is 11.5 Å². The number of amides is 1. The second-order valence-electron chi connectivity index (χ2n) is 7.85. The van der Waals surface area contributed by atoms with Crippen molar-refractivity contribution < 1.29 is 14.3 Å². The number of para-hydroxylation sites is 3. The van der Waals surface area contributed by atoms with Crippen molar-refractivity contribution in [1.29, 1.82) is 0 Å². The van der Waals surface area contributed by atoms with E-state index in [1.54, 1.807) is 19.2 Å². The number of methoxy groups -OCH3 is 1. The average Bonchev–Trinajstić information content (AvgIpc) is 3.52. The third-order valence-corrected chi connectivity index (χ3v) is 6.51. The van der Waals surface area contributed by atoms with E-state index in [1.807, 2.05) is 78.4 Å². The molecule has 5 rings (SSSR count). The number of H-pyrrole nitrogens is 1. The number of thioether (sulfide) groups is 1. The number of benzene rings is 3. The highest BCUT2D eigenvalue weighted by Crippen LogP contribution is 2.33. The molecule has 8 nitrogen and oxygen atoms in total. The largest absolute Gasteiger partial charge is 0.495 e. The first-order valence-corrected chi connectivity index (χ1v) is 12.5. The van der Waals surface area contributed by atoms with Crippen LogP contribution in [0.3, 0.4) is 0 Å². The Bertz CT molecular complexity index is 1490. The fourth-order valence-electron chi connectivity index (χ4n) is 3.95. The van der Waals surface area contributed by atoms with E-state index >= 15 is 0 Å². The van der Waals surface area contributed by atoms with Crippen molar-refractivity contribution >= 4 is 34.3 Å². The van der Waals surface area contributed by atoms with Gasteiger partial charge in [-0.05, 0) is 49.4 Å². The lowest BCUT2D eigenvalue weighted by molar-refractivity contribution is -0.113. The molecular formula is C27H25N5O3S. The van der Waals surface area contributed by atoms with Crippen LogP contribution in [0.1, 0.15) is 6.92 Å². The first-order chi connectivity index (χ1) is 17.7. The molecule has 1 amide bonds. The van der Waals surface area contributed by atoms with Gasteiger partial charge in [-0.1, -0.05) is 42.1 Å². The summed E-state index contributed by atoms with van der Waals surface area (Å²) in [6, 6.07) is 23.1. The second kappa shape index (κ2) is 10.6. The molecule has 0 radical (unpaired) electrons. The van der Waals surface area contributed by atoms with Gasteiger partial charge in [-0.15, -0.1) is 10.2 Å². The van der Waals surface area contributed by atoms with E-state index in [0.29, 0.717) is 29.0 Å². The summed E-state index contributed by atoms with van der Waals surface area (Å²) >= 11 is 1.32. The molecule has 0 aliphatic rings. The number of nitrogens with one attached hydrogen (secondary N) is 2. The van der Waals surface area contributed by atoms with Crippen molar-refractivity contribution in [3.05, 3.63) is 79.0 Å². The maximum absolute atomic E-state index is 12.8. The number of ether oxygens (including phenoxy) is 2. The van der Waals surface area contributed by atoms with Crippen molar-refractivity contribution in [2.45, 2.75) is 12.1 Å². The molecule has 3 aromatic carbocycles. The molecule has 0 spiro atoms. The summed E-state index contributed by atoms with van der Waals surface area (Å²) in [6.07, 6.45) is 1.93. The maximum atomic E-state index is 12.8. The minimum absolute atomic E-state index is 0.154. The van der Waals surface area contributed by atoms with Gasteiger partial charge in [-0.25, -0.2) is 0 Å². The van der Waals surface area contributed by atoms with Crippen LogP contribution in [0.4, 0.5) is 5.69 Å². The summed E-state index contributed by atoms with van der Waals surface area (Å²) in [6.45, 7) is 2.54. The van der Waals surface area contributed by atoms with E-state index in [9.17, 15) is 4.79 Å². The normalized spacial score (nSPS) is 10.9. The molecule has 0 aliphatic heterocycles. The van der Waals surface area contributed by atoms with Crippen molar-refractivity contribution in [2.24, 2.45) is 0 Å². The Morgan fingerprint density at radius 3 is 2.61 bits per heavy atom. The zero-order valence-corrected chi connectivity index (χ0v) is 20.7. The topological polar surface area (TPSA) is 94.1 Å². The lowest BCUT2D eigenvalue weighted by Crippen LogP contribution is -2.15. The van der Waals surface area contributed by atoms with Crippen LogP contribution < -0.4 is 14.8 Å². The van der Waals surface area contributed by atoms with Crippen molar-refractivity contribution in [3.63, 3.8) is 0 Å². The number of aromatic amines is 1. The predicted molar refractivity (Wildman–Crippen MR) is 142 cm³/mol. The van der Waals surface area contributed by atoms with Crippen LogP contribution in [0.2, 0.25) is 0 Å². The number of hydrogen-bond acceptors (Lipinski definition) is 6. The molecule has 2 aromatic heterocycles. The lowest BCUT2D eigenvalue weighted by Gasteiger charge is -2.12. The van der Waals surface area contributed by atoms with Crippen LogP contribution in [0.15, 0.2) is 84.1 Å². The molecule has 0 fully saturated rings. The smallest absolute Gasteiger partial charge is 0.234 e. The minimum atomic E-state index is -0.167. The van der Waals surface area contributed by atoms with Gasteiger partial charge in [0.05, 0.1) is 25.2 Å². The van der Waals surface area contributed by atoms with Crippen LogP contribution in [-0.2, 0) is 4.79 Å². The fraction of sp³-hybridized carbons (Fsp3) is 0.148. The number of fused-ring (bicyclic) bond motifs is 1. The quantitative estimate of drug-likeness (QED) is 0.258. The third-order valence-electron chi connectivity index (χ3n) is 5.58. The molecule has 0 saturated heterocycles. The van der Waals surface area contributed by atoms with Gasteiger partial charge < -0.3 is 19.8 Å².